The number of nitrogens with one attached hydrogen (secondary N) is 1. The second-order valence-corrected chi connectivity index (χ2v) is 4.25. The zero-order chi connectivity index (χ0) is 8.65. The molecule has 1 saturated carbocycles. The topological polar surface area (TPSA) is 55.1 Å². The number of hydrogen-bond donors (Lipinski definition) is 2. The molecule has 1 fully saturated rings. The Kier molecular flexibility index (Phi) is 1.92. The highest BCUT2D eigenvalue weighted by molar-refractivity contribution is 5.82. The first-order valence-corrected chi connectivity index (χ1v) is 3.98. The number of rotatable bonds is 1. The third-order valence-corrected chi connectivity index (χ3v) is 1.67. The lowest BCUT2D eigenvalue weighted by atomic mass is 10.1. The number of hydrogen-bond acceptors (Lipinski definition) is 2. The minimum atomic E-state index is -0.126. The molecule has 2 atom stereocenters. The summed E-state index contributed by atoms with van der Waals surface area (Å²) in [7, 11) is 0. The second kappa shape index (κ2) is 2.48. The lowest BCUT2D eigenvalue weighted by molar-refractivity contribution is -0.123. The third-order valence-electron chi connectivity index (χ3n) is 1.67. The molecule has 0 aromatic heterocycles. The van der Waals surface area contributed by atoms with E-state index in [1.165, 1.54) is 0 Å². The van der Waals surface area contributed by atoms with Gasteiger partial charge in [0.15, 0.2) is 0 Å². The highest BCUT2D eigenvalue weighted by atomic mass is 16.2. The van der Waals surface area contributed by atoms with Crippen molar-refractivity contribution in [1.82, 2.24) is 5.32 Å². The van der Waals surface area contributed by atoms with Gasteiger partial charge < -0.3 is 11.1 Å². The van der Waals surface area contributed by atoms with Crippen LogP contribution in [0.2, 0.25) is 0 Å². The lowest BCUT2D eigenvalue weighted by Gasteiger charge is -2.20. The maximum atomic E-state index is 11.2. The fourth-order valence-electron chi connectivity index (χ4n) is 0.978. The summed E-state index contributed by atoms with van der Waals surface area (Å²) in [5.74, 6) is 0.180. The van der Waals surface area contributed by atoms with Crippen molar-refractivity contribution in [2.75, 3.05) is 0 Å². The van der Waals surface area contributed by atoms with Crippen molar-refractivity contribution in [3.63, 3.8) is 0 Å². The summed E-state index contributed by atoms with van der Waals surface area (Å²) < 4.78 is 0. The van der Waals surface area contributed by atoms with Crippen LogP contribution < -0.4 is 11.1 Å². The smallest absolute Gasteiger partial charge is 0.225 e. The Bertz CT molecular complexity index is 171. The van der Waals surface area contributed by atoms with Gasteiger partial charge in [0.05, 0.1) is 5.92 Å². The molecule has 0 aliphatic heterocycles. The minimum Gasteiger partial charge on any atom is -0.351 e. The first-order chi connectivity index (χ1) is 4.90. The van der Waals surface area contributed by atoms with Gasteiger partial charge in [-0.1, -0.05) is 0 Å². The Morgan fingerprint density at radius 2 is 2.00 bits per heavy atom. The number of nitrogens with two attached hydrogens (primary N) is 1. The summed E-state index contributed by atoms with van der Waals surface area (Å²) in [6, 6.07) is 0.109. The van der Waals surface area contributed by atoms with E-state index >= 15 is 0 Å². The SMILES string of the molecule is CC(C)(C)NC(=O)C1CC1N. The second-order valence-electron chi connectivity index (χ2n) is 4.25. The predicted molar refractivity (Wildman–Crippen MR) is 44.0 cm³/mol. The van der Waals surface area contributed by atoms with Crippen molar-refractivity contribution in [3.05, 3.63) is 0 Å². The van der Waals surface area contributed by atoms with E-state index in [-0.39, 0.29) is 23.4 Å². The molecule has 0 heterocycles. The average Bonchev–Trinajstić information content (AvgIpc) is 2.41. The van der Waals surface area contributed by atoms with Crippen molar-refractivity contribution in [3.8, 4) is 0 Å². The first kappa shape index (κ1) is 8.53. The fourth-order valence-corrected chi connectivity index (χ4v) is 0.978. The van der Waals surface area contributed by atoms with Gasteiger partial charge in [-0.3, -0.25) is 4.79 Å². The van der Waals surface area contributed by atoms with Crippen LogP contribution in [0.25, 0.3) is 0 Å². The molecule has 0 aromatic rings. The summed E-state index contributed by atoms with van der Waals surface area (Å²) in [5.41, 5.74) is 5.40. The van der Waals surface area contributed by atoms with Crippen LogP contribution in [0.1, 0.15) is 27.2 Å². The van der Waals surface area contributed by atoms with Crippen molar-refractivity contribution in [2.45, 2.75) is 38.8 Å². The first-order valence-electron chi connectivity index (χ1n) is 3.98. The Morgan fingerprint density at radius 3 is 2.27 bits per heavy atom. The zero-order valence-electron chi connectivity index (χ0n) is 7.35. The summed E-state index contributed by atoms with van der Waals surface area (Å²) in [6.07, 6.45) is 0.849. The molecule has 3 heteroatoms. The molecule has 2 unspecified atom stereocenters. The molecular weight excluding hydrogens is 140 g/mol. The molecule has 64 valence electrons. The maximum absolute atomic E-state index is 11.2. The molecular formula is C8H16N2O. The molecule has 0 radical (unpaired) electrons. The van der Waals surface area contributed by atoms with Crippen LogP contribution in [0, 0.1) is 5.92 Å². The summed E-state index contributed by atoms with van der Waals surface area (Å²) in [4.78, 5) is 11.2. The summed E-state index contributed by atoms with van der Waals surface area (Å²) >= 11 is 0. The minimum absolute atomic E-state index is 0.0780. The van der Waals surface area contributed by atoms with Crippen LogP contribution in [0.5, 0.6) is 0 Å². The molecule has 1 aliphatic carbocycles. The predicted octanol–water partition coefficient (Wildman–Crippen LogP) is 0.248. The van der Waals surface area contributed by atoms with Gasteiger partial charge in [-0.05, 0) is 27.2 Å². The fraction of sp³-hybridized carbons (Fsp3) is 0.875. The largest absolute Gasteiger partial charge is 0.351 e. The lowest BCUT2D eigenvalue weighted by Crippen LogP contribution is -2.42. The van der Waals surface area contributed by atoms with E-state index in [9.17, 15) is 4.79 Å². The van der Waals surface area contributed by atoms with Crippen LogP contribution in [0.4, 0.5) is 0 Å². The van der Waals surface area contributed by atoms with E-state index in [0.29, 0.717) is 0 Å². The monoisotopic (exact) mass is 156 g/mol. The average molecular weight is 156 g/mol. The van der Waals surface area contributed by atoms with Crippen molar-refractivity contribution in [1.29, 1.82) is 0 Å². The number of amides is 1. The summed E-state index contributed by atoms with van der Waals surface area (Å²) in [6.45, 7) is 5.91. The van der Waals surface area contributed by atoms with E-state index in [2.05, 4.69) is 5.32 Å². The molecule has 1 aliphatic rings. The highest BCUT2D eigenvalue weighted by Crippen LogP contribution is 2.28. The Hall–Kier alpha value is -0.570. The number of carbonyl (C=O) groups is 1. The van der Waals surface area contributed by atoms with Crippen LogP contribution >= 0.6 is 0 Å². The van der Waals surface area contributed by atoms with Crippen molar-refractivity contribution < 1.29 is 4.79 Å². The molecule has 1 amide bonds. The van der Waals surface area contributed by atoms with Crippen molar-refractivity contribution in [2.24, 2.45) is 11.7 Å². The van der Waals surface area contributed by atoms with Gasteiger partial charge in [-0.15, -0.1) is 0 Å². The molecule has 0 spiro atoms. The van der Waals surface area contributed by atoms with Gasteiger partial charge in [0.2, 0.25) is 5.91 Å². The molecule has 1 rings (SSSR count). The van der Waals surface area contributed by atoms with Gasteiger partial charge in [-0.25, -0.2) is 0 Å². The van der Waals surface area contributed by atoms with E-state index in [1.807, 2.05) is 20.8 Å². The van der Waals surface area contributed by atoms with Crippen LogP contribution in [0.3, 0.4) is 0 Å². The maximum Gasteiger partial charge on any atom is 0.225 e. The van der Waals surface area contributed by atoms with Gasteiger partial charge in [-0.2, -0.15) is 0 Å². The van der Waals surface area contributed by atoms with Crippen LogP contribution in [-0.2, 0) is 4.79 Å². The Labute approximate surface area is 67.3 Å². The van der Waals surface area contributed by atoms with E-state index in [4.69, 9.17) is 5.73 Å². The highest BCUT2D eigenvalue weighted by Gasteiger charge is 2.40. The van der Waals surface area contributed by atoms with E-state index in [0.717, 1.165) is 6.42 Å². The quantitative estimate of drug-likeness (QED) is 0.571. The molecule has 11 heavy (non-hydrogen) atoms. The van der Waals surface area contributed by atoms with Gasteiger partial charge in [0.1, 0.15) is 0 Å². The third kappa shape index (κ3) is 2.50. The zero-order valence-corrected chi connectivity index (χ0v) is 7.35. The molecule has 3 N–H and O–H groups in total. The molecule has 0 bridgehead atoms. The van der Waals surface area contributed by atoms with Gasteiger partial charge in [0.25, 0.3) is 0 Å². The Balaban J connectivity index is 2.33. The standard InChI is InChI=1S/C8H16N2O/c1-8(2,3)10-7(11)5-4-6(5)9/h5-6H,4,9H2,1-3H3,(H,10,11). The molecule has 0 aromatic carbocycles. The number of carbonyl (C=O) groups excluding carboxylic acids is 1. The molecule has 0 saturated heterocycles. The van der Waals surface area contributed by atoms with Crippen molar-refractivity contribution >= 4 is 5.91 Å². The molecule has 3 nitrogen and oxygen atoms in total. The summed E-state index contributed by atoms with van der Waals surface area (Å²) in [5, 5.41) is 2.89. The van der Waals surface area contributed by atoms with Crippen LogP contribution in [0.15, 0.2) is 0 Å². The van der Waals surface area contributed by atoms with Gasteiger partial charge >= 0.3 is 0 Å². The normalized spacial score (nSPS) is 29.8. The van der Waals surface area contributed by atoms with E-state index in [1.54, 1.807) is 0 Å². The van der Waals surface area contributed by atoms with Crippen LogP contribution in [-0.4, -0.2) is 17.5 Å². The van der Waals surface area contributed by atoms with E-state index < -0.39 is 0 Å². The van der Waals surface area contributed by atoms with Gasteiger partial charge in [0, 0.05) is 11.6 Å². The Morgan fingerprint density at radius 1 is 1.55 bits per heavy atom.